The second-order valence-corrected chi connectivity index (χ2v) is 5.38. The van der Waals surface area contributed by atoms with Crippen LogP contribution in [0.25, 0.3) is 5.57 Å². The number of H-pyrrole nitrogens is 1. The van der Waals surface area contributed by atoms with E-state index in [0.717, 1.165) is 11.4 Å². The van der Waals surface area contributed by atoms with Crippen molar-refractivity contribution in [2.75, 3.05) is 5.73 Å². The number of nitrogens with one attached hydrogen (secondary N) is 1. The van der Waals surface area contributed by atoms with E-state index >= 15 is 0 Å². The molecule has 0 aromatic carbocycles. The molecule has 0 unspecified atom stereocenters. The molecule has 0 spiro atoms. The first kappa shape index (κ1) is 11.9. The van der Waals surface area contributed by atoms with Crippen LogP contribution in [0.15, 0.2) is 18.3 Å². The summed E-state index contributed by atoms with van der Waals surface area (Å²) >= 11 is 0. The summed E-state index contributed by atoms with van der Waals surface area (Å²) in [5.74, 6) is 1.30. The average Bonchev–Trinajstić information content (AvgIpc) is 2.45. The second kappa shape index (κ2) is 4.13. The molecule has 1 heterocycles. The molecule has 84 valence electrons. The van der Waals surface area contributed by atoms with Crippen molar-refractivity contribution in [2.45, 2.75) is 34.6 Å². The van der Waals surface area contributed by atoms with E-state index in [1.165, 1.54) is 5.57 Å². The maximum atomic E-state index is 5.92. The maximum absolute atomic E-state index is 5.92. The van der Waals surface area contributed by atoms with E-state index in [1.54, 1.807) is 0 Å². The fourth-order valence-electron chi connectivity index (χ4n) is 1.69. The summed E-state index contributed by atoms with van der Waals surface area (Å²) in [4.78, 5) is 3.03. The lowest BCUT2D eigenvalue weighted by molar-refractivity contribution is 0.562. The van der Waals surface area contributed by atoms with Crippen molar-refractivity contribution in [3.63, 3.8) is 0 Å². The summed E-state index contributed by atoms with van der Waals surface area (Å²) in [5.41, 5.74) is 8.49. The third-order valence-electron chi connectivity index (χ3n) is 2.38. The Morgan fingerprint density at radius 3 is 2.33 bits per heavy atom. The Balaban J connectivity index is 3.20. The number of nitrogen functional groups attached to an aromatic ring is 1. The number of allylic oxidation sites excluding steroid dienone is 2. The van der Waals surface area contributed by atoms with E-state index in [1.807, 2.05) is 6.20 Å². The molecule has 1 aromatic heterocycles. The molecule has 1 rings (SSSR count). The predicted octanol–water partition coefficient (Wildman–Crippen LogP) is 3.68. The van der Waals surface area contributed by atoms with Crippen LogP contribution in [0.3, 0.4) is 0 Å². The van der Waals surface area contributed by atoms with E-state index in [0.29, 0.717) is 5.92 Å². The van der Waals surface area contributed by atoms with Crippen LogP contribution in [-0.4, -0.2) is 4.98 Å². The van der Waals surface area contributed by atoms with Gasteiger partial charge >= 0.3 is 0 Å². The van der Waals surface area contributed by atoms with Crippen LogP contribution in [0.5, 0.6) is 0 Å². The Kier molecular flexibility index (Phi) is 3.28. The van der Waals surface area contributed by atoms with Crippen LogP contribution in [0, 0.1) is 11.3 Å². The predicted molar refractivity (Wildman–Crippen MR) is 67.5 cm³/mol. The SMILES string of the molecule is CC(C)/C=C(\c1cc[nH]c1N)C(C)(C)C. The Labute approximate surface area is 92.6 Å². The van der Waals surface area contributed by atoms with Crippen molar-refractivity contribution < 1.29 is 0 Å². The third-order valence-corrected chi connectivity index (χ3v) is 2.38. The molecule has 0 radical (unpaired) electrons. The van der Waals surface area contributed by atoms with E-state index in [2.05, 4.69) is 51.7 Å². The minimum absolute atomic E-state index is 0.126. The van der Waals surface area contributed by atoms with Crippen molar-refractivity contribution in [1.29, 1.82) is 0 Å². The van der Waals surface area contributed by atoms with Crippen LogP contribution >= 0.6 is 0 Å². The Morgan fingerprint density at radius 1 is 1.40 bits per heavy atom. The molecule has 0 fully saturated rings. The zero-order valence-electron chi connectivity index (χ0n) is 10.4. The van der Waals surface area contributed by atoms with E-state index in [-0.39, 0.29) is 5.41 Å². The van der Waals surface area contributed by atoms with Gasteiger partial charge < -0.3 is 10.7 Å². The highest BCUT2D eigenvalue weighted by molar-refractivity contribution is 5.76. The first-order valence-electron chi connectivity index (χ1n) is 5.48. The van der Waals surface area contributed by atoms with Gasteiger partial charge in [-0.2, -0.15) is 0 Å². The number of nitrogens with two attached hydrogens (primary N) is 1. The third kappa shape index (κ3) is 2.88. The van der Waals surface area contributed by atoms with Gasteiger partial charge in [0.1, 0.15) is 5.82 Å². The molecule has 3 N–H and O–H groups in total. The molecule has 0 saturated carbocycles. The van der Waals surface area contributed by atoms with Crippen molar-refractivity contribution in [3.8, 4) is 0 Å². The summed E-state index contributed by atoms with van der Waals surface area (Å²) < 4.78 is 0. The Hall–Kier alpha value is -1.18. The standard InChI is InChI=1S/C13H22N2/c1-9(2)8-11(13(3,4)5)10-6-7-15-12(10)14/h6-9,15H,14H2,1-5H3/b11-8+. The number of hydrogen-bond acceptors (Lipinski definition) is 1. The van der Waals surface area contributed by atoms with Gasteiger partial charge in [0, 0.05) is 11.8 Å². The van der Waals surface area contributed by atoms with E-state index < -0.39 is 0 Å². The molecular formula is C13H22N2. The van der Waals surface area contributed by atoms with Gasteiger partial charge in [-0.3, -0.25) is 0 Å². The summed E-state index contributed by atoms with van der Waals surface area (Å²) in [7, 11) is 0. The van der Waals surface area contributed by atoms with Crippen LogP contribution in [0.4, 0.5) is 5.82 Å². The molecule has 0 saturated heterocycles. The van der Waals surface area contributed by atoms with Crippen LogP contribution in [0.2, 0.25) is 0 Å². The van der Waals surface area contributed by atoms with Crippen molar-refractivity contribution in [3.05, 3.63) is 23.9 Å². The highest BCUT2D eigenvalue weighted by Gasteiger charge is 2.21. The van der Waals surface area contributed by atoms with Crippen molar-refractivity contribution in [2.24, 2.45) is 11.3 Å². The van der Waals surface area contributed by atoms with Crippen LogP contribution in [0.1, 0.15) is 40.2 Å². The van der Waals surface area contributed by atoms with Crippen molar-refractivity contribution in [1.82, 2.24) is 4.98 Å². The smallest absolute Gasteiger partial charge is 0.108 e. The molecule has 0 aliphatic heterocycles. The number of anilines is 1. The van der Waals surface area contributed by atoms with E-state index in [4.69, 9.17) is 5.73 Å². The molecule has 0 amide bonds. The molecule has 0 aliphatic rings. The topological polar surface area (TPSA) is 41.8 Å². The number of rotatable bonds is 2. The average molecular weight is 206 g/mol. The van der Waals surface area contributed by atoms with Crippen LogP contribution in [-0.2, 0) is 0 Å². The lowest BCUT2D eigenvalue weighted by Crippen LogP contribution is -2.10. The zero-order valence-corrected chi connectivity index (χ0v) is 10.4. The minimum Gasteiger partial charge on any atom is -0.385 e. The largest absolute Gasteiger partial charge is 0.385 e. The highest BCUT2D eigenvalue weighted by Crippen LogP contribution is 2.37. The molecule has 0 bridgehead atoms. The molecule has 1 aromatic rings. The normalized spacial score (nSPS) is 13.6. The van der Waals surface area contributed by atoms with Crippen LogP contribution < -0.4 is 5.73 Å². The molecule has 2 heteroatoms. The highest BCUT2D eigenvalue weighted by atomic mass is 14.8. The molecule has 15 heavy (non-hydrogen) atoms. The van der Waals surface area contributed by atoms with Gasteiger partial charge in [-0.15, -0.1) is 0 Å². The number of aromatic amines is 1. The van der Waals surface area contributed by atoms with Gasteiger partial charge in [-0.25, -0.2) is 0 Å². The summed E-state index contributed by atoms with van der Waals surface area (Å²) in [6.45, 7) is 11.0. The fraction of sp³-hybridized carbons (Fsp3) is 0.538. The number of aromatic nitrogens is 1. The lowest BCUT2D eigenvalue weighted by Gasteiger charge is -2.24. The lowest BCUT2D eigenvalue weighted by atomic mass is 9.81. The number of hydrogen-bond donors (Lipinski definition) is 2. The summed E-state index contributed by atoms with van der Waals surface area (Å²) in [6.07, 6.45) is 4.18. The van der Waals surface area contributed by atoms with E-state index in [9.17, 15) is 0 Å². The quantitative estimate of drug-likeness (QED) is 0.761. The second-order valence-electron chi connectivity index (χ2n) is 5.38. The van der Waals surface area contributed by atoms with Gasteiger partial charge in [-0.1, -0.05) is 40.7 Å². The monoisotopic (exact) mass is 206 g/mol. The minimum atomic E-state index is 0.126. The summed E-state index contributed by atoms with van der Waals surface area (Å²) in [5, 5.41) is 0. The molecule has 2 nitrogen and oxygen atoms in total. The van der Waals surface area contributed by atoms with Gasteiger partial charge in [0.05, 0.1) is 0 Å². The molecule has 0 atom stereocenters. The Bertz CT molecular complexity index is 351. The fourth-order valence-corrected chi connectivity index (χ4v) is 1.69. The van der Waals surface area contributed by atoms with Gasteiger partial charge in [0.25, 0.3) is 0 Å². The first-order chi connectivity index (χ1) is 6.82. The van der Waals surface area contributed by atoms with Gasteiger partial charge in [0.2, 0.25) is 0 Å². The maximum Gasteiger partial charge on any atom is 0.108 e. The first-order valence-corrected chi connectivity index (χ1v) is 5.48. The Morgan fingerprint density at radius 2 is 2.00 bits per heavy atom. The zero-order chi connectivity index (χ0) is 11.6. The summed E-state index contributed by atoms with van der Waals surface area (Å²) in [6, 6.07) is 2.05. The van der Waals surface area contributed by atoms with Gasteiger partial charge in [0.15, 0.2) is 0 Å². The molecule has 0 aliphatic carbocycles. The molecular weight excluding hydrogens is 184 g/mol. The van der Waals surface area contributed by atoms with Crippen molar-refractivity contribution >= 4 is 11.4 Å². The van der Waals surface area contributed by atoms with Gasteiger partial charge in [-0.05, 0) is 23.0 Å².